The molecule has 0 atom stereocenters. The average Bonchev–Trinajstić information content (AvgIpc) is 3.33. The third kappa shape index (κ3) is 5.13. The molecule has 1 aliphatic carbocycles. The van der Waals surface area contributed by atoms with Crippen LogP contribution in [0.1, 0.15) is 53.7 Å². The molecule has 1 fully saturated rings. The number of benzene rings is 1. The van der Waals surface area contributed by atoms with E-state index >= 15 is 0 Å². The van der Waals surface area contributed by atoms with Crippen molar-refractivity contribution in [1.29, 1.82) is 0 Å². The van der Waals surface area contributed by atoms with Gasteiger partial charge in [0.05, 0.1) is 10.5 Å². The lowest BCUT2D eigenvalue weighted by Crippen LogP contribution is -2.13. The number of amides is 1. The molecule has 27 heavy (non-hydrogen) atoms. The van der Waals surface area contributed by atoms with Crippen LogP contribution in [-0.4, -0.2) is 41.8 Å². The topological polar surface area (TPSA) is 139 Å². The zero-order valence-corrected chi connectivity index (χ0v) is 15.5. The Morgan fingerprint density at radius 1 is 1.30 bits per heavy atom. The van der Waals surface area contributed by atoms with Gasteiger partial charge in [-0.05, 0) is 37.5 Å². The van der Waals surface area contributed by atoms with Gasteiger partial charge in [0.15, 0.2) is 15.7 Å². The SMILES string of the molecule is CS(=O)(=O)c1cc(NC(=O)CCCc2nc(C3CC3)no2)cc(C(=O)O)c1. The van der Waals surface area contributed by atoms with E-state index < -0.39 is 15.8 Å². The average molecular weight is 393 g/mol. The molecule has 1 aromatic heterocycles. The summed E-state index contributed by atoms with van der Waals surface area (Å²) in [6, 6.07) is 3.51. The van der Waals surface area contributed by atoms with Gasteiger partial charge < -0.3 is 14.9 Å². The number of hydrogen-bond acceptors (Lipinski definition) is 7. The molecule has 10 heteroatoms. The minimum absolute atomic E-state index is 0.120. The number of carbonyl (C=O) groups is 2. The normalized spacial score (nSPS) is 14.1. The molecule has 2 N–H and O–H groups in total. The molecule has 9 nitrogen and oxygen atoms in total. The summed E-state index contributed by atoms with van der Waals surface area (Å²) >= 11 is 0. The number of carboxylic acids is 1. The summed E-state index contributed by atoms with van der Waals surface area (Å²) in [5, 5.41) is 15.6. The van der Waals surface area contributed by atoms with Gasteiger partial charge in [0.2, 0.25) is 11.8 Å². The van der Waals surface area contributed by atoms with Crippen LogP contribution in [-0.2, 0) is 21.1 Å². The van der Waals surface area contributed by atoms with Crippen molar-refractivity contribution >= 4 is 27.4 Å². The van der Waals surface area contributed by atoms with E-state index in [9.17, 15) is 18.0 Å². The molecule has 1 aliphatic rings. The van der Waals surface area contributed by atoms with Crippen LogP contribution >= 0.6 is 0 Å². The van der Waals surface area contributed by atoms with E-state index in [0.717, 1.165) is 25.2 Å². The van der Waals surface area contributed by atoms with Crippen LogP contribution in [0, 0.1) is 0 Å². The van der Waals surface area contributed by atoms with Crippen LogP contribution in [0.5, 0.6) is 0 Å². The number of nitrogens with one attached hydrogen (secondary N) is 1. The van der Waals surface area contributed by atoms with Crippen LogP contribution in [0.25, 0.3) is 0 Å². The van der Waals surface area contributed by atoms with Crippen molar-refractivity contribution in [2.24, 2.45) is 0 Å². The molecule has 0 bridgehead atoms. The van der Waals surface area contributed by atoms with E-state index in [2.05, 4.69) is 15.5 Å². The number of hydrogen-bond donors (Lipinski definition) is 2. The summed E-state index contributed by atoms with van der Waals surface area (Å²) in [7, 11) is -3.61. The number of aromatic nitrogens is 2. The summed E-state index contributed by atoms with van der Waals surface area (Å²) in [5.41, 5.74) is -0.0965. The lowest BCUT2D eigenvalue weighted by atomic mass is 10.2. The van der Waals surface area contributed by atoms with Gasteiger partial charge in [-0.25, -0.2) is 13.2 Å². The van der Waals surface area contributed by atoms with Crippen LogP contribution in [0.4, 0.5) is 5.69 Å². The first-order valence-electron chi connectivity index (χ1n) is 8.43. The Kier molecular flexibility index (Phi) is 5.26. The summed E-state index contributed by atoms with van der Waals surface area (Å²) < 4.78 is 28.5. The Morgan fingerprint density at radius 2 is 2.04 bits per heavy atom. The quantitative estimate of drug-likeness (QED) is 0.694. The molecular weight excluding hydrogens is 374 g/mol. The van der Waals surface area contributed by atoms with Crippen molar-refractivity contribution in [3.05, 3.63) is 35.5 Å². The number of carbonyl (C=O) groups excluding carboxylic acids is 1. The number of aryl methyl sites for hydroxylation is 1. The van der Waals surface area contributed by atoms with Crippen LogP contribution in [0.15, 0.2) is 27.6 Å². The molecule has 0 aliphatic heterocycles. The monoisotopic (exact) mass is 393 g/mol. The molecule has 144 valence electrons. The van der Waals surface area contributed by atoms with Crippen molar-refractivity contribution in [3.8, 4) is 0 Å². The number of carboxylic acid groups (broad SMARTS) is 1. The number of aromatic carboxylic acids is 1. The van der Waals surface area contributed by atoms with E-state index in [4.69, 9.17) is 9.63 Å². The summed E-state index contributed by atoms with van der Waals surface area (Å²) in [6.07, 6.45) is 4.19. The van der Waals surface area contributed by atoms with E-state index in [1.54, 1.807) is 0 Å². The third-order valence-corrected chi connectivity index (χ3v) is 5.18. The summed E-state index contributed by atoms with van der Waals surface area (Å²) in [5.74, 6) is -0.0423. The van der Waals surface area contributed by atoms with Gasteiger partial charge in [0, 0.05) is 30.7 Å². The van der Waals surface area contributed by atoms with Gasteiger partial charge in [-0.2, -0.15) is 4.98 Å². The second-order valence-electron chi connectivity index (χ2n) is 6.55. The predicted octanol–water partition coefficient (Wildman–Crippen LogP) is 2.01. The molecule has 0 radical (unpaired) electrons. The van der Waals surface area contributed by atoms with E-state index in [1.165, 1.54) is 12.1 Å². The van der Waals surface area contributed by atoms with Crippen molar-refractivity contribution < 1.29 is 27.6 Å². The lowest BCUT2D eigenvalue weighted by molar-refractivity contribution is -0.116. The molecule has 2 aromatic rings. The van der Waals surface area contributed by atoms with E-state index in [0.29, 0.717) is 30.5 Å². The second kappa shape index (κ2) is 7.47. The maximum Gasteiger partial charge on any atom is 0.335 e. The minimum Gasteiger partial charge on any atom is -0.478 e. The van der Waals surface area contributed by atoms with E-state index in [1.807, 2.05) is 0 Å². The Labute approximate surface area is 155 Å². The van der Waals surface area contributed by atoms with Crippen molar-refractivity contribution in [2.75, 3.05) is 11.6 Å². The Hall–Kier alpha value is -2.75. The Morgan fingerprint density at radius 3 is 2.67 bits per heavy atom. The number of sulfone groups is 1. The number of rotatable bonds is 8. The third-order valence-electron chi connectivity index (χ3n) is 4.09. The molecule has 3 rings (SSSR count). The van der Waals surface area contributed by atoms with Crippen LogP contribution in [0.3, 0.4) is 0 Å². The zero-order chi connectivity index (χ0) is 19.6. The fourth-order valence-electron chi connectivity index (χ4n) is 2.51. The Balaban J connectivity index is 1.59. The predicted molar refractivity (Wildman–Crippen MR) is 94.4 cm³/mol. The number of anilines is 1. The van der Waals surface area contributed by atoms with Crippen molar-refractivity contribution in [1.82, 2.24) is 10.1 Å². The largest absolute Gasteiger partial charge is 0.478 e. The van der Waals surface area contributed by atoms with Gasteiger partial charge in [-0.3, -0.25) is 4.79 Å². The van der Waals surface area contributed by atoms with Gasteiger partial charge >= 0.3 is 5.97 Å². The van der Waals surface area contributed by atoms with Gasteiger partial charge in [0.1, 0.15) is 0 Å². The second-order valence-corrected chi connectivity index (χ2v) is 8.56. The molecule has 0 spiro atoms. The van der Waals surface area contributed by atoms with Gasteiger partial charge in [-0.1, -0.05) is 5.16 Å². The van der Waals surface area contributed by atoms with Crippen molar-refractivity contribution in [2.45, 2.75) is 42.9 Å². The first-order valence-corrected chi connectivity index (χ1v) is 10.3. The molecule has 1 heterocycles. The fraction of sp³-hybridized carbons (Fsp3) is 0.412. The highest BCUT2D eigenvalue weighted by atomic mass is 32.2. The summed E-state index contributed by atoms with van der Waals surface area (Å²) in [6.45, 7) is 0. The minimum atomic E-state index is -3.61. The van der Waals surface area contributed by atoms with Crippen LogP contribution < -0.4 is 5.32 Å². The fourth-order valence-corrected chi connectivity index (χ4v) is 3.19. The maximum atomic E-state index is 12.1. The first-order chi connectivity index (χ1) is 12.7. The Bertz CT molecular complexity index is 978. The highest BCUT2D eigenvalue weighted by Crippen LogP contribution is 2.38. The highest BCUT2D eigenvalue weighted by molar-refractivity contribution is 7.90. The van der Waals surface area contributed by atoms with E-state index in [-0.39, 0.29) is 28.5 Å². The summed E-state index contributed by atoms with van der Waals surface area (Å²) in [4.78, 5) is 27.4. The van der Waals surface area contributed by atoms with Gasteiger partial charge in [-0.15, -0.1) is 0 Å². The standard InChI is InChI=1S/C17H19N3O6S/c1-27(24,25)13-8-11(17(22)23)7-12(9-13)18-14(21)3-2-4-15-19-16(20-26-15)10-5-6-10/h7-10H,2-6H2,1H3,(H,18,21)(H,22,23). The van der Waals surface area contributed by atoms with Crippen LogP contribution in [0.2, 0.25) is 0 Å². The molecular formula is C17H19N3O6S. The smallest absolute Gasteiger partial charge is 0.335 e. The molecule has 0 unspecified atom stereocenters. The molecule has 1 aromatic carbocycles. The molecule has 1 saturated carbocycles. The molecule has 0 saturated heterocycles. The first kappa shape index (κ1) is 19.0. The lowest BCUT2D eigenvalue weighted by Gasteiger charge is -2.08. The van der Waals surface area contributed by atoms with Gasteiger partial charge in [0.25, 0.3) is 0 Å². The highest BCUT2D eigenvalue weighted by Gasteiger charge is 2.28. The van der Waals surface area contributed by atoms with Crippen molar-refractivity contribution in [3.63, 3.8) is 0 Å². The maximum absolute atomic E-state index is 12.1. The number of nitrogens with zero attached hydrogens (tertiary/aromatic N) is 2. The zero-order valence-electron chi connectivity index (χ0n) is 14.6. The molecule has 1 amide bonds.